The molecule has 0 heterocycles. The summed E-state index contributed by atoms with van der Waals surface area (Å²) in [6.45, 7) is 0.533. The standard InChI is InChI=1S/C9H9Cl2N3S/c10-8-3-2-7(6-9(8)11)15-5-1-4-13-14-12/h2-3,6H,1,4-5H2. The van der Waals surface area contributed by atoms with Crippen molar-refractivity contribution in [2.24, 2.45) is 5.11 Å². The van der Waals surface area contributed by atoms with Gasteiger partial charge in [0.05, 0.1) is 10.0 Å². The third kappa shape index (κ3) is 4.67. The minimum atomic E-state index is 0.533. The van der Waals surface area contributed by atoms with Gasteiger partial charge in [-0.05, 0) is 35.9 Å². The SMILES string of the molecule is [N-]=[N+]=NCCCSc1ccc(Cl)c(Cl)c1. The van der Waals surface area contributed by atoms with E-state index in [4.69, 9.17) is 28.7 Å². The topological polar surface area (TPSA) is 48.8 Å². The molecule has 80 valence electrons. The third-order valence-corrected chi connectivity index (χ3v) is 3.44. The van der Waals surface area contributed by atoms with Crippen LogP contribution in [0.2, 0.25) is 10.0 Å². The lowest BCUT2D eigenvalue weighted by Gasteiger charge is -2.01. The Morgan fingerprint density at radius 1 is 1.33 bits per heavy atom. The van der Waals surface area contributed by atoms with E-state index in [2.05, 4.69) is 10.0 Å². The van der Waals surface area contributed by atoms with Gasteiger partial charge in [0.15, 0.2) is 0 Å². The molecule has 0 bridgehead atoms. The van der Waals surface area contributed by atoms with Crippen molar-refractivity contribution in [1.29, 1.82) is 0 Å². The molecule has 1 aromatic carbocycles. The Morgan fingerprint density at radius 2 is 2.13 bits per heavy atom. The Bertz CT molecular complexity index is 378. The van der Waals surface area contributed by atoms with Crippen LogP contribution < -0.4 is 0 Å². The maximum atomic E-state index is 8.07. The molecule has 0 aliphatic carbocycles. The van der Waals surface area contributed by atoms with Gasteiger partial charge in [0.1, 0.15) is 0 Å². The van der Waals surface area contributed by atoms with Crippen molar-refractivity contribution in [3.8, 4) is 0 Å². The van der Waals surface area contributed by atoms with Crippen LogP contribution in [0, 0.1) is 0 Å². The Kier molecular flexibility index (Phi) is 5.73. The van der Waals surface area contributed by atoms with E-state index >= 15 is 0 Å². The molecule has 6 heteroatoms. The molecule has 0 saturated heterocycles. The molecule has 0 radical (unpaired) electrons. The van der Waals surface area contributed by atoms with E-state index in [0.717, 1.165) is 17.1 Å². The van der Waals surface area contributed by atoms with Crippen LogP contribution in [0.25, 0.3) is 10.4 Å². The lowest BCUT2D eigenvalue weighted by atomic mass is 10.4. The highest BCUT2D eigenvalue weighted by molar-refractivity contribution is 7.99. The van der Waals surface area contributed by atoms with Crippen LogP contribution in [-0.2, 0) is 0 Å². The zero-order valence-electron chi connectivity index (χ0n) is 7.86. The molecule has 3 nitrogen and oxygen atoms in total. The highest BCUT2D eigenvalue weighted by Crippen LogP contribution is 2.28. The Labute approximate surface area is 102 Å². The maximum Gasteiger partial charge on any atom is 0.0603 e. The summed E-state index contributed by atoms with van der Waals surface area (Å²) in [6, 6.07) is 5.54. The van der Waals surface area contributed by atoms with E-state index in [-0.39, 0.29) is 0 Å². The summed E-state index contributed by atoms with van der Waals surface area (Å²) in [5.74, 6) is 0.900. The van der Waals surface area contributed by atoms with E-state index in [1.807, 2.05) is 12.1 Å². The van der Waals surface area contributed by atoms with Crippen molar-refractivity contribution in [3.63, 3.8) is 0 Å². The molecular formula is C9H9Cl2N3S. The van der Waals surface area contributed by atoms with Gasteiger partial charge in [-0.25, -0.2) is 0 Å². The van der Waals surface area contributed by atoms with E-state index in [0.29, 0.717) is 16.6 Å². The van der Waals surface area contributed by atoms with E-state index < -0.39 is 0 Å². The lowest BCUT2D eigenvalue weighted by Crippen LogP contribution is -1.83. The first-order chi connectivity index (χ1) is 7.24. The quantitative estimate of drug-likeness (QED) is 0.247. The van der Waals surface area contributed by atoms with Gasteiger partial charge in [0.25, 0.3) is 0 Å². The summed E-state index contributed by atoms with van der Waals surface area (Å²) < 4.78 is 0. The minimum absolute atomic E-state index is 0.533. The fraction of sp³-hybridized carbons (Fsp3) is 0.333. The zero-order valence-corrected chi connectivity index (χ0v) is 10.2. The molecule has 0 aromatic heterocycles. The number of halogens is 2. The first kappa shape index (κ1) is 12.5. The molecule has 1 rings (SSSR count). The molecule has 0 amide bonds. The van der Waals surface area contributed by atoms with Crippen LogP contribution in [0.5, 0.6) is 0 Å². The summed E-state index contributed by atoms with van der Waals surface area (Å²) in [5.41, 5.74) is 8.07. The number of azide groups is 1. The number of thioether (sulfide) groups is 1. The molecular weight excluding hydrogens is 253 g/mol. The Hall–Kier alpha value is -0.540. The number of benzene rings is 1. The van der Waals surface area contributed by atoms with Crippen LogP contribution in [0.15, 0.2) is 28.2 Å². The molecule has 0 unspecified atom stereocenters. The molecule has 0 N–H and O–H groups in total. The number of rotatable bonds is 5. The van der Waals surface area contributed by atoms with Crippen LogP contribution in [0.4, 0.5) is 0 Å². The number of hydrogen-bond donors (Lipinski definition) is 0. The lowest BCUT2D eigenvalue weighted by molar-refractivity contribution is 0.932. The summed E-state index contributed by atoms with van der Waals surface area (Å²) in [4.78, 5) is 3.76. The first-order valence-corrected chi connectivity index (χ1v) is 6.07. The van der Waals surface area contributed by atoms with Gasteiger partial charge in [-0.3, -0.25) is 0 Å². The van der Waals surface area contributed by atoms with E-state index in [1.54, 1.807) is 17.8 Å². The number of nitrogens with zero attached hydrogens (tertiary/aromatic N) is 3. The van der Waals surface area contributed by atoms with Crippen LogP contribution in [0.1, 0.15) is 6.42 Å². The average Bonchev–Trinajstić information content (AvgIpc) is 2.23. The fourth-order valence-corrected chi connectivity index (χ4v) is 2.17. The van der Waals surface area contributed by atoms with Crippen LogP contribution >= 0.6 is 35.0 Å². The second kappa shape index (κ2) is 6.85. The van der Waals surface area contributed by atoms with E-state index in [9.17, 15) is 0 Å². The smallest absolute Gasteiger partial charge is 0.0603 e. The fourth-order valence-electron chi connectivity index (χ4n) is 0.937. The number of hydrogen-bond acceptors (Lipinski definition) is 2. The molecule has 15 heavy (non-hydrogen) atoms. The molecule has 0 aliphatic heterocycles. The first-order valence-electron chi connectivity index (χ1n) is 4.33. The normalized spacial score (nSPS) is 9.73. The Balaban J connectivity index is 2.37. The van der Waals surface area contributed by atoms with Crippen LogP contribution in [0.3, 0.4) is 0 Å². The molecule has 0 saturated carbocycles. The van der Waals surface area contributed by atoms with Gasteiger partial charge >= 0.3 is 0 Å². The van der Waals surface area contributed by atoms with Gasteiger partial charge < -0.3 is 0 Å². The maximum absolute atomic E-state index is 8.07. The van der Waals surface area contributed by atoms with Crippen molar-refractivity contribution in [2.75, 3.05) is 12.3 Å². The van der Waals surface area contributed by atoms with Crippen molar-refractivity contribution in [3.05, 3.63) is 38.7 Å². The largest absolute Gasteiger partial charge is 0.126 e. The second-order valence-electron chi connectivity index (χ2n) is 2.73. The van der Waals surface area contributed by atoms with Crippen molar-refractivity contribution in [2.45, 2.75) is 11.3 Å². The van der Waals surface area contributed by atoms with Gasteiger partial charge in [-0.1, -0.05) is 28.3 Å². The summed E-state index contributed by atoms with van der Waals surface area (Å²) in [6.07, 6.45) is 0.856. The molecule has 1 aromatic rings. The predicted octanol–water partition coefficient (Wildman–Crippen LogP) is 4.79. The monoisotopic (exact) mass is 261 g/mol. The van der Waals surface area contributed by atoms with Gasteiger partial charge in [-0.15, -0.1) is 11.8 Å². The van der Waals surface area contributed by atoms with E-state index in [1.165, 1.54) is 0 Å². The highest BCUT2D eigenvalue weighted by Gasteiger charge is 1.99. The summed E-state index contributed by atoms with van der Waals surface area (Å²) >= 11 is 13.3. The summed E-state index contributed by atoms with van der Waals surface area (Å²) in [7, 11) is 0. The van der Waals surface area contributed by atoms with Crippen molar-refractivity contribution >= 4 is 35.0 Å². The molecule has 0 atom stereocenters. The van der Waals surface area contributed by atoms with Crippen molar-refractivity contribution < 1.29 is 0 Å². The summed E-state index contributed by atoms with van der Waals surface area (Å²) in [5, 5.41) is 4.59. The molecule has 0 fully saturated rings. The van der Waals surface area contributed by atoms with Gasteiger partial charge in [0, 0.05) is 16.4 Å². The average molecular weight is 262 g/mol. The van der Waals surface area contributed by atoms with Crippen molar-refractivity contribution in [1.82, 2.24) is 0 Å². The molecule has 0 aliphatic rings. The zero-order chi connectivity index (χ0) is 11.1. The van der Waals surface area contributed by atoms with Crippen LogP contribution in [-0.4, -0.2) is 12.3 Å². The minimum Gasteiger partial charge on any atom is -0.126 e. The highest BCUT2D eigenvalue weighted by atomic mass is 35.5. The molecule has 0 spiro atoms. The van der Waals surface area contributed by atoms with Gasteiger partial charge in [0.2, 0.25) is 0 Å². The third-order valence-electron chi connectivity index (χ3n) is 1.63. The second-order valence-corrected chi connectivity index (χ2v) is 4.72. The Morgan fingerprint density at radius 3 is 2.80 bits per heavy atom. The van der Waals surface area contributed by atoms with Gasteiger partial charge in [-0.2, -0.15) is 0 Å². The predicted molar refractivity (Wildman–Crippen MR) is 65.8 cm³/mol.